The number of hydrogen-bond donors (Lipinski definition) is 1. The second kappa shape index (κ2) is 7.29. The van der Waals surface area contributed by atoms with E-state index in [1.807, 2.05) is 6.92 Å². The van der Waals surface area contributed by atoms with Crippen LogP contribution in [0.2, 0.25) is 0 Å². The summed E-state index contributed by atoms with van der Waals surface area (Å²) in [4.78, 5) is 11.3. The Morgan fingerprint density at radius 3 is 2.47 bits per heavy atom. The van der Waals surface area contributed by atoms with Gasteiger partial charge in [-0.15, -0.1) is 0 Å². The van der Waals surface area contributed by atoms with Crippen LogP contribution in [0.4, 0.5) is 0 Å². The zero-order valence-corrected chi connectivity index (χ0v) is 12.5. The number of rotatable bonds is 6. The lowest BCUT2D eigenvalue weighted by Crippen LogP contribution is -2.24. The summed E-state index contributed by atoms with van der Waals surface area (Å²) in [7, 11) is 0. The van der Waals surface area contributed by atoms with E-state index in [0.717, 1.165) is 6.42 Å². The van der Waals surface area contributed by atoms with Crippen LogP contribution in [0.5, 0.6) is 0 Å². The Kier molecular flexibility index (Phi) is 6.03. The molecule has 0 heterocycles. The molecule has 2 N–H and O–H groups in total. The van der Waals surface area contributed by atoms with Gasteiger partial charge in [0, 0.05) is 12.5 Å². The van der Waals surface area contributed by atoms with Crippen LogP contribution in [-0.4, -0.2) is 18.6 Å². The Morgan fingerprint density at radius 2 is 1.84 bits per heavy atom. The van der Waals surface area contributed by atoms with E-state index in [4.69, 9.17) is 10.5 Å². The number of benzene rings is 1. The summed E-state index contributed by atoms with van der Waals surface area (Å²) < 4.78 is 4.91. The molecule has 0 saturated carbocycles. The highest BCUT2D eigenvalue weighted by molar-refractivity contribution is 5.69. The molecular weight excluding hydrogens is 238 g/mol. The lowest BCUT2D eigenvalue weighted by molar-refractivity contribution is -0.143. The molecule has 19 heavy (non-hydrogen) atoms. The maximum atomic E-state index is 11.3. The molecule has 3 heteroatoms. The first kappa shape index (κ1) is 15.7. The number of carbonyl (C=O) groups excluding carboxylic acids is 1. The molecule has 0 aromatic heterocycles. The molecule has 0 bridgehead atoms. The average molecular weight is 263 g/mol. The van der Waals surface area contributed by atoms with Gasteiger partial charge in [0.1, 0.15) is 0 Å². The molecule has 3 nitrogen and oxygen atoms in total. The van der Waals surface area contributed by atoms with Crippen molar-refractivity contribution >= 4 is 5.97 Å². The summed E-state index contributed by atoms with van der Waals surface area (Å²) >= 11 is 0. The maximum absolute atomic E-state index is 11.3. The van der Waals surface area contributed by atoms with Crippen molar-refractivity contribution in [3.63, 3.8) is 0 Å². The fourth-order valence-electron chi connectivity index (χ4n) is 2.16. The van der Waals surface area contributed by atoms with Gasteiger partial charge in [-0.25, -0.2) is 0 Å². The van der Waals surface area contributed by atoms with E-state index in [9.17, 15) is 4.79 Å². The SMILES string of the molecule is CCOC(=O)CCC(N)Cc1cc(C)c(C)cc1C. The van der Waals surface area contributed by atoms with E-state index in [1.54, 1.807) is 0 Å². The second-order valence-electron chi connectivity index (χ2n) is 5.17. The molecule has 0 amide bonds. The Hall–Kier alpha value is -1.35. The van der Waals surface area contributed by atoms with Crippen molar-refractivity contribution in [2.24, 2.45) is 5.73 Å². The summed E-state index contributed by atoms with van der Waals surface area (Å²) in [6, 6.07) is 4.41. The fraction of sp³-hybridized carbons (Fsp3) is 0.562. The van der Waals surface area contributed by atoms with Crippen molar-refractivity contribution in [2.75, 3.05) is 6.61 Å². The molecule has 0 aliphatic rings. The minimum Gasteiger partial charge on any atom is -0.466 e. The van der Waals surface area contributed by atoms with Gasteiger partial charge in [-0.2, -0.15) is 0 Å². The topological polar surface area (TPSA) is 52.3 Å². The molecule has 106 valence electrons. The van der Waals surface area contributed by atoms with E-state index < -0.39 is 0 Å². The second-order valence-corrected chi connectivity index (χ2v) is 5.17. The van der Waals surface area contributed by atoms with Gasteiger partial charge >= 0.3 is 5.97 Å². The van der Waals surface area contributed by atoms with E-state index >= 15 is 0 Å². The Morgan fingerprint density at radius 1 is 1.21 bits per heavy atom. The highest BCUT2D eigenvalue weighted by atomic mass is 16.5. The monoisotopic (exact) mass is 263 g/mol. The minimum atomic E-state index is -0.158. The quantitative estimate of drug-likeness (QED) is 0.803. The fourth-order valence-corrected chi connectivity index (χ4v) is 2.16. The smallest absolute Gasteiger partial charge is 0.305 e. The van der Waals surface area contributed by atoms with Crippen LogP contribution in [0, 0.1) is 20.8 Å². The van der Waals surface area contributed by atoms with Crippen molar-refractivity contribution in [1.82, 2.24) is 0 Å². The molecule has 1 atom stereocenters. The molecule has 0 aliphatic carbocycles. The molecule has 0 fully saturated rings. The normalized spacial score (nSPS) is 12.3. The van der Waals surface area contributed by atoms with E-state index in [2.05, 4.69) is 32.9 Å². The molecule has 0 saturated heterocycles. The summed E-state index contributed by atoms with van der Waals surface area (Å²) in [6.45, 7) is 8.59. The molecule has 1 unspecified atom stereocenters. The summed E-state index contributed by atoms with van der Waals surface area (Å²) in [5.41, 5.74) is 11.2. The zero-order chi connectivity index (χ0) is 14.4. The van der Waals surface area contributed by atoms with Crippen LogP contribution in [0.25, 0.3) is 0 Å². The van der Waals surface area contributed by atoms with Crippen molar-refractivity contribution in [2.45, 2.75) is 53.0 Å². The Labute approximate surface area is 116 Å². The van der Waals surface area contributed by atoms with Gasteiger partial charge < -0.3 is 10.5 Å². The van der Waals surface area contributed by atoms with Crippen LogP contribution in [0.1, 0.15) is 42.0 Å². The first-order valence-electron chi connectivity index (χ1n) is 6.92. The number of nitrogens with two attached hydrogens (primary N) is 1. The van der Waals surface area contributed by atoms with Gasteiger partial charge in [-0.3, -0.25) is 4.79 Å². The Bertz CT molecular complexity index is 441. The molecule has 1 aromatic rings. The lowest BCUT2D eigenvalue weighted by Gasteiger charge is -2.15. The highest BCUT2D eigenvalue weighted by Gasteiger charge is 2.10. The third kappa shape index (κ3) is 5.03. The van der Waals surface area contributed by atoms with Crippen molar-refractivity contribution in [3.8, 4) is 0 Å². The maximum Gasteiger partial charge on any atom is 0.305 e. The van der Waals surface area contributed by atoms with Gasteiger partial charge in [-0.1, -0.05) is 12.1 Å². The summed E-state index contributed by atoms with van der Waals surface area (Å²) in [6.07, 6.45) is 1.89. The zero-order valence-electron chi connectivity index (χ0n) is 12.5. The molecule has 0 radical (unpaired) electrons. The standard InChI is InChI=1S/C16H25NO2/c1-5-19-16(18)7-6-15(17)10-14-9-12(3)11(2)8-13(14)4/h8-9,15H,5-7,10,17H2,1-4H3. The number of hydrogen-bond acceptors (Lipinski definition) is 3. The van der Waals surface area contributed by atoms with Gasteiger partial charge in [0.15, 0.2) is 0 Å². The number of ether oxygens (including phenoxy) is 1. The highest BCUT2D eigenvalue weighted by Crippen LogP contribution is 2.17. The van der Waals surface area contributed by atoms with Gasteiger partial charge in [-0.05, 0) is 62.8 Å². The van der Waals surface area contributed by atoms with Crippen molar-refractivity contribution < 1.29 is 9.53 Å². The van der Waals surface area contributed by atoms with Gasteiger partial charge in [0.25, 0.3) is 0 Å². The van der Waals surface area contributed by atoms with Gasteiger partial charge in [0.05, 0.1) is 6.61 Å². The predicted octanol–water partition coefficient (Wildman–Crippen LogP) is 2.82. The molecule has 1 aromatic carbocycles. The first-order valence-corrected chi connectivity index (χ1v) is 6.92. The lowest BCUT2D eigenvalue weighted by atomic mass is 9.95. The van der Waals surface area contributed by atoms with E-state index in [0.29, 0.717) is 19.4 Å². The van der Waals surface area contributed by atoms with Crippen LogP contribution in [0.15, 0.2) is 12.1 Å². The van der Waals surface area contributed by atoms with E-state index in [-0.39, 0.29) is 12.0 Å². The first-order chi connectivity index (χ1) is 8.93. The number of carbonyl (C=O) groups is 1. The van der Waals surface area contributed by atoms with Crippen LogP contribution in [0.3, 0.4) is 0 Å². The summed E-state index contributed by atoms with van der Waals surface area (Å²) in [5.74, 6) is -0.158. The number of esters is 1. The predicted molar refractivity (Wildman–Crippen MR) is 78.2 cm³/mol. The van der Waals surface area contributed by atoms with Crippen molar-refractivity contribution in [1.29, 1.82) is 0 Å². The van der Waals surface area contributed by atoms with Crippen LogP contribution in [-0.2, 0) is 16.0 Å². The molecular formula is C16H25NO2. The minimum absolute atomic E-state index is 0.00483. The third-order valence-corrected chi connectivity index (χ3v) is 3.46. The van der Waals surface area contributed by atoms with Gasteiger partial charge in [0.2, 0.25) is 0 Å². The summed E-state index contributed by atoms with van der Waals surface area (Å²) in [5, 5.41) is 0. The number of aryl methyl sites for hydroxylation is 3. The van der Waals surface area contributed by atoms with Crippen LogP contribution >= 0.6 is 0 Å². The average Bonchev–Trinajstić information content (AvgIpc) is 2.34. The van der Waals surface area contributed by atoms with Crippen molar-refractivity contribution in [3.05, 3.63) is 34.4 Å². The van der Waals surface area contributed by atoms with E-state index in [1.165, 1.54) is 22.3 Å². The van der Waals surface area contributed by atoms with Crippen LogP contribution < -0.4 is 5.73 Å². The Balaban J connectivity index is 2.55. The molecule has 1 rings (SSSR count). The molecule has 0 aliphatic heterocycles. The largest absolute Gasteiger partial charge is 0.466 e. The third-order valence-electron chi connectivity index (χ3n) is 3.46. The molecule has 0 spiro atoms.